The van der Waals surface area contributed by atoms with Crippen LogP contribution in [0.2, 0.25) is 0 Å². The maximum atomic E-state index is 12.5. The smallest absolute Gasteiger partial charge is 0.233 e. The van der Waals surface area contributed by atoms with Crippen LogP contribution in [0.5, 0.6) is 11.5 Å². The number of ether oxygens (including phenoxy) is 1. The second kappa shape index (κ2) is 8.55. The molecule has 2 atom stereocenters. The van der Waals surface area contributed by atoms with Gasteiger partial charge in [-0.3, -0.25) is 19.3 Å². The Morgan fingerprint density at radius 2 is 1.75 bits per heavy atom. The number of allylic oxidation sites excluding steroid dienone is 2. The number of hydrogen-bond acceptors (Lipinski definition) is 6. The third kappa shape index (κ3) is 4.01. The molecule has 1 aromatic heterocycles. The number of amides is 3. The number of fused-ring (bicyclic) bond motifs is 2. The number of rotatable bonds is 6. The van der Waals surface area contributed by atoms with Crippen LogP contribution in [0.15, 0.2) is 60.7 Å². The van der Waals surface area contributed by atoms with Gasteiger partial charge in [-0.15, -0.1) is 0 Å². The Hall–Kier alpha value is -3.52. The number of nitrogens with one attached hydrogen (secondary N) is 1. The minimum atomic E-state index is -0.279. The quantitative estimate of drug-likeness (QED) is 0.448. The first kappa shape index (κ1) is 20.4. The number of hydrogen-bond donors (Lipinski definition) is 1. The van der Waals surface area contributed by atoms with Crippen molar-refractivity contribution in [3.8, 4) is 11.5 Å². The van der Waals surface area contributed by atoms with E-state index >= 15 is 0 Å². The largest absolute Gasteiger partial charge is 0.457 e. The van der Waals surface area contributed by atoms with Crippen molar-refractivity contribution in [3.63, 3.8) is 0 Å². The molecule has 0 unspecified atom stereocenters. The second-order valence-corrected chi connectivity index (χ2v) is 8.88. The van der Waals surface area contributed by atoms with Gasteiger partial charge in [0.2, 0.25) is 17.7 Å². The maximum Gasteiger partial charge on any atom is 0.233 e. The molecule has 7 nitrogen and oxygen atoms in total. The summed E-state index contributed by atoms with van der Waals surface area (Å²) in [6.45, 7) is 0.0937. The molecule has 1 fully saturated rings. The van der Waals surface area contributed by atoms with Crippen LogP contribution in [0.25, 0.3) is 10.2 Å². The van der Waals surface area contributed by atoms with Crippen LogP contribution in [0.4, 0.5) is 5.13 Å². The number of nitrogens with zero attached hydrogens (tertiary/aromatic N) is 2. The number of likely N-dealkylation sites (tertiary alicyclic amines) is 1. The highest BCUT2D eigenvalue weighted by Gasteiger charge is 2.46. The molecule has 3 aromatic rings. The maximum absolute atomic E-state index is 12.5. The van der Waals surface area contributed by atoms with Crippen molar-refractivity contribution in [2.45, 2.75) is 19.3 Å². The Bertz CT molecular complexity index is 1190. The van der Waals surface area contributed by atoms with Crippen LogP contribution in [0.3, 0.4) is 0 Å². The van der Waals surface area contributed by atoms with Crippen LogP contribution >= 0.6 is 11.3 Å². The zero-order valence-corrected chi connectivity index (χ0v) is 18.0. The minimum Gasteiger partial charge on any atom is -0.457 e. The molecule has 0 radical (unpaired) electrons. The van der Waals surface area contributed by atoms with Crippen LogP contribution in [0.1, 0.15) is 19.3 Å². The molecule has 1 N–H and O–H groups in total. The zero-order chi connectivity index (χ0) is 22.1. The Balaban J connectivity index is 1.20. The zero-order valence-electron chi connectivity index (χ0n) is 17.2. The molecule has 1 aliphatic heterocycles. The number of imide groups is 1. The van der Waals surface area contributed by atoms with E-state index in [-0.39, 0.29) is 42.5 Å². The molecule has 32 heavy (non-hydrogen) atoms. The molecule has 2 aromatic carbocycles. The van der Waals surface area contributed by atoms with E-state index in [9.17, 15) is 14.4 Å². The third-order valence-corrected chi connectivity index (χ3v) is 6.68. The summed E-state index contributed by atoms with van der Waals surface area (Å²) < 4.78 is 6.73. The predicted molar refractivity (Wildman–Crippen MR) is 121 cm³/mol. The van der Waals surface area contributed by atoms with Gasteiger partial charge in [-0.05, 0) is 37.1 Å². The molecule has 2 aliphatic rings. The standard InChI is InChI=1S/C24H21N3O4S/c28-21(12-13-27-22(29)17-8-4-5-9-18(17)23(27)30)26-24-25-19-11-10-16(14-20(19)32-24)31-15-6-2-1-3-7-15/h1-7,10-11,14,17-18H,8-9,12-13H2,(H,25,26,28)/t17-,18-/m1/s1. The average Bonchev–Trinajstić information content (AvgIpc) is 3.31. The van der Waals surface area contributed by atoms with E-state index in [1.54, 1.807) is 0 Å². The lowest BCUT2D eigenvalue weighted by Crippen LogP contribution is -2.34. The first-order chi connectivity index (χ1) is 15.6. The second-order valence-electron chi connectivity index (χ2n) is 7.85. The van der Waals surface area contributed by atoms with Gasteiger partial charge < -0.3 is 10.1 Å². The number of anilines is 1. The summed E-state index contributed by atoms with van der Waals surface area (Å²) in [6.07, 6.45) is 5.14. The number of thiazole rings is 1. The first-order valence-electron chi connectivity index (χ1n) is 10.5. The van der Waals surface area contributed by atoms with Crippen molar-refractivity contribution < 1.29 is 19.1 Å². The van der Waals surface area contributed by atoms with Crippen molar-refractivity contribution in [1.82, 2.24) is 9.88 Å². The topological polar surface area (TPSA) is 88.6 Å². The van der Waals surface area contributed by atoms with Gasteiger partial charge in [-0.2, -0.15) is 0 Å². The van der Waals surface area contributed by atoms with Crippen molar-refractivity contribution >= 4 is 44.4 Å². The summed E-state index contributed by atoms with van der Waals surface area (Å²) in [5.74, 6) is 0.280. The predicted octanol–water partition coefficient (Wildman–Crippen LogP) is 4.37. The Kier molecular flexibility index (Phi) is 5.45. The van der Waals surface area contributed by atoms with Gasteiger partial charge in [0, 0.05) is 19.0 Å². The number of benzene rings is 2. The van der Waals surface area contributed by atoms with Gasteiger partial charge >= 0.3 is 0 Å². The molecule has 0 bridgehead atoms. The highest BCUT2D eigenvalue weighted by atomic mass is 32.1. The monoisotopic (exact) mass is 447 g/mol. The van der Waals surface area contributed by atoms with Crippen LogP contribution in [-0.2, 0) is 14.4 Å². The highest BCUT2D eigenvalue weighted by Crippen LogP contribution is 2.35. The van der Waals surface area contributed by atoms with E-state index in [0.717, 1.165) is 16.0 Å². The fourth-order valence-corrected chi connectivity index (χ4v) is 5.04. The van der Waals surface area contributed by atoms with Gasteiger partial charge in [0.1, 0.15) is 11.5 Å². The SMILES string of the molecule is O=C(CCN1C(=O)[C@@H]2CC=CC[C@H]2C1=O)Nc1nc2ccc(Oc3ccccc3)cc2s1. The summed E-state index contributed by atoms with van der Waals surface area (Å²) in [7, 11) is 0. The summed E-state index contributed by atoms with van der Waals surface area (Å²) in [4.78, 5) is 43.2. The molecule has 2 heterocycles. The van der Waals surface area contributed by atoms with Gasteiger partial charge in [-0.1, -0.05) is 41.7 Å². The van der Waals surface area contributed by atoms with Crippen LogP contribution in [-0.4, -0.2) is 34.2 Å². The summed E-state index contributed by atoms with van der Waals surface area (Å²) in [6, 6.07) is 15.1. The Morgan fingerprint density at radius 1 is 1.03 bits per heavy atom. The van der Waals surface area contributed by atoms with Gasteiger partial charge in [0.25, 0.3) is 0 Å². The third-order valence-electron chi connectivity index (χ3n) is 5.75. The van der Waals surface area contributed by atoms with Crippen LogP contribution < -0.4 is 10.1 Å². The molecule has 8 heteroatoms. The van der Waals surface area contributed by atoms with E-state index in [2.05, 4.69) is 10.3 Å². The van der Waals surface area contributed by atoms with E-state index in [1.807, 2.05) is 60.7 Å². The van der Waals surface area contributed by atoms with Crippen LogP contribution in [0, 0.1) is 11.8 Å². The molecular weight excluding hydrogens is 426 g/mol. The molecule has 5 rings (SSSR count). The Morgan fingerprint density at radius 3 is 2.47 bits per heavy atom. The van der Waals surface area contributed by atoms with Gasteiger partial charge in [0.05, 0.1) is 22.1 Å². The van der Waals surface area contributed by atoms with E-state index in [4.69, 9.17) is 4.74 Å². The lowest BCUT2D eigenvalue weighted by atomic mass is 9.85. The minimum absolute atomic E-state index is 0.0443. The lowest BCUT2D eigenvalue weighted by Gasteiger charge is -2.14. The highest BCUT2D eigenvalue weighted by molar-refractivity contribution is 7.22. The molecule has 0 saturated carbocycles. The fraction of sp³-hybridized carbons (Fsp3) is 0.250. The first-order valence-corrected chi connectivity index (χ1v) is 11.3. The number of para-hydroxylation sites is 1. The normalized spacial score (nSPS) is 19.9. The number of carbonyl (C=O) groups is 3. The summed E-state index contributed by atoms with van der Waals surface area (Å²) >= 11 is 1.35. The Labute approximate surface area is 188 Å². The average molecular weight is 448 g/mol. The fourth-order valence-electron chi connectivity index (χ4n) is 4.13. The van der Waals surface area contributed by atoms with E-state index in [1.165, 1.54) is 16.2 Å². The van der Waals surface area contributed by atoms with Gasteiger partial charge in [0.15, 0.2) is 5.13 Å². The summed E-state index contributed by atoms with van der Waals surface area (Å²) in [5, 5.41) is 3.25. The molecule has 3 amide bonds. The molecule has 162 valence electrons. The van der Waals surface area contributed by atoms with Gasteiger partial charge in [-0.25, -0.2) is 4.98 Å². The number of carbonyl (C=O) groups excluding carboxylic acids is 3. The van der Waals surface area contributed by atoms with Crippen molar-refractivity contribution in [3.05, 3.63) is 60.7 Å². The lowest BCUT2D eigenvalue weighted by molar-refractivity contribution is -0.140. The van der Waals surface area contributed by atoms with Crippen molar-refractivity contribution in [1.29, 1.82) is 0 Å². The summed E-state index contributed by atoms with van der Waals surface area (Å²) in [5.41, 5.74) is 0.757. The number of aromatic nitrogens is 1. The molecule has 0 spiro atoms. The van der Waals surface area contributed by atoms with E-state index < -0.39 is 0 Å². The van der Waals surface area contributed by atoms with Crippen molar-refractivity contribution in [2.24, 2.45) is 11.8 Å². The van der Waals surface area contributed by atoms with Crippen molar-refractivity contribution in [2.75, 3.05) is 11.9 Å². The molecule has 1 aliphatic carbocycles. The molecule has 1 saturated heterocycles. The molecular formula is C24H21N3O4S. The van der Waals surface area contributed by atoms with E-state index in [0.29, 0.717) is 23.7 Å².